The van der Waals surface area contributed by atoms with Gasteiger partial charge < -0.3 is 14.6 Å². The predicted octanol–water partition coefficient (Wildman–Crippen LogP) is 6.26. The lowest BCUT2D eigenvalue weighted by atomic mass is 10.1. The summed E-state index contributed by atoms with van der Waals surface area (Å²) < 4.78 is 11.3. The van der Waals surface area contributed by atoms with Gasteiger partial charge in [-0.15, -0.1) is 0 Å². The van der Waals surface area contributed by atoms with E-state index in [1.54, 1.807) is 0 Å². The number of hydrogen-bond acceptors (Lipinski definition) is 3. The van der Waals surface area contributed by atoms with Gasteiger partial charge in [-0.05, 0) is 25.7 Å². The summed E-state index contributed by atoms with van der Waals surface area (Å²) in [5.74, 6) is -0.819. The summed E-state index contributed by atoms with van der Waals surface area (Å²) in [6.07, 6.45) is 20.5. The molecule has 0 radical (unpaired) electrons. The van der Waals surface area contributed by atoms with Crippen LogP contribution >= 0.6 is 0 Å². The molecule has 0 aliphatic carbocycles. The number of allylic oxidation sites excluding steroid dienone is 2. The third kappa shape index (κ3) is 19.2. The molecule has 0 aromatic rings. The molecule has 26 heavy (non-hydrogen) atoms. The molecule has 152 valence electrons. The van der Waals surface area contributed by atoms with E-state index in [9.17, 15) is 4.79 Å². The number of carboxylic acids is 1. The molecule has 0 aromatic carbocycles. The minimum Gasteiger partial charge on any atom is -0.481 e. The fraction of sp³-hybridized carbons (Fsp3) is 0.773. The number of hydrogen-bond donors (Lipinski definition) is 1. The van der Waals surface area contributed by atoms with Crippen LogP contribution in [0.25, 0.3) is 0 Å². The lowest BCUT2D eigenvalue weighted by molar-refractivity contribution is -0.148. The van der Waals surface area contributed by atoms with E-state index in [2.05, 4.69) is 26.0 Å². The molecule has 0 saturated heterocycles. The molecule has 0 saturated carbocycles. The Hall–Kier alpha value is -1.13. The van der Waals surface area contributed by atoms with Crippen molar-refractivity contribution in [3.8, 4) is 0 Å². The number of ether oxygens (including phenoxy) is 2. The first kappa shape index (κ1) is 24.9. The van der Waals surface area contributed by atoms with Crippen molar-refractivity contribution in [3.63, 3.8) is 0 Å². The summed E-state index contributed by atoms with van der Waals surface area (Å²) in [4.78, 5) is 10.8. The number of aliphatic carboxylic acids is 1. The van der Waals surface area contributed by atoms with E-state index >= 15 is 0 Å². The standard InChI is InChI=1S/C22H40O4/c1-3-5-7-9-11-13-15-19-25-22(18-17-21(23)24)26-20-16-14-12-10-8-6-4-2/h13-16,22H,3-12,17-20H2,1-2H3,(H,23,24)/b15-13+,16-14+. The van der Waals surface area contributed by atoms with Crippen LogP contribution in [0.4, 0.5) is 0 Å². The quantitative estimate of drug-likeness (QED) is 0.166. The number of unbranched alkanes of at least 4 members (excludes halogenated alkanes) is 8. The van der Waals surface area contributed by atoms with Crippen molar-refractivity contribution >= 4 is 5.97 Å². The summed E-state index contributed by atoms with van der Waals surface area (Å²) >= 11 is 0. The molecular formula is C22H40O4. The molecule has 0 fully saturated rings. The Labute approximate surface area is 160 Å². The van der Waals surface area contributed by atoms with E-state index in [4.69, 9.17) is 14.6 Å². The van der Waals surface area contributed by atoms with Crippen molar-refractivity contribution in [1.82, 2.24) is 0 Å². The largest absolute Gasteiger partial charge is 0.481 e. The van der Waals surface area contributed by atoms with E-state index in [0.29, 0.717) is 19.6 Å². The summed E-state index contributed by atoms with van der Waals surface area (Å²) in [7, 11) is 0. The first-order chi connectivity index (χ1) is 12.7. The molecule has 0 aliphatic rings. The Balaban J connectivity index is 3.91. The van der Waals surface area contributed by atoms with Crippen molar-refractivity contribution in [2.75, 3.05) is 13.2 Å². The topological polar surface area (TPSA) is 55.8 Å². The van der Waals surface area contributed by atoms with Gasteiger partial charge in [0.05, 0.1) is 19.6 Å². The Kier molecular flexibility index (Phi) is 19.3. The molecule has 4 nitrogen and oxygen atoms in total. The molecule has 0 bridgehead atoms. The summed E-state index contributed by atoms with van der Waals surface area (Å²) in [5, 5.41) is 8.85. The Morgan fingerprint density at radius 3 is 1.73 bits per heavy atom. The highest BCUT2D eigenvalue weighted by atomic mass is 16.7. The molecule has 0 aliphatic heterocycles. The van der Waals surface area contributed by atoms with Gasteiger partial charge in [-0.25, -0.2) is 0 Å². The Morgan fingerprint density at radius 1 is 0.808 bits per heavy atom. The Bertz CT molecular complexity index is 337. The zero-order chi connectivity index (χ0) is 19.3. The maximum atomic E-state index is 10.8. The van der Waals surface area contributed by atoms with Crippen molar-refractivity contribution in [2.24, 2.45) is 0 Å². The van der Waals surface area contributed by atoms with Crippen molar-refractivity contribution in [2.45, 2.75) is 97.2 Å². The molecule has 0 amide bonds. The van der Waals surface area contributed by atoms with Gasteiger partial charge >= 0.3 is 5.97 Å². The van der Waals surface area contributed by atoms with E-state index in [1.165, 1.54) is 51.4 Å². The second kappa shape index (κ2) is 20.2. The number of carbonyl (C=O) groups is 1. The van der Waals surface area contributed by atoms with Crippen molar-refractivity contribution in [1.29, 1.82) is 0 Å². The van der Waals surface area contributed by atoms with Gasteiger partial charge in [-0.2, -0.15) is 0 Å². The van der Waals surface area contributed by atoms with Gasteiger partial charge in [0.2, 0.25) is 0 Å². The maximum absolute atomic E-state index is 10.8. The van der Waals surface area contributed by atoms with Crippen molar-refractivity contribution in [3.05, 3.63) is 24.3 Å². The first-order valence-electron chi connectivity index (χ1n) is 10.5. The maximum Gasteiger partial charge on any atom is 0.303 e. The summed E-state index contributed by atoms with van der Waals surface area (Å²) in [5.41, 5.74) is 0. The van der Waals surface area contributed by atoms with Gasteiger partial charge in [0, 0.05) is 6.42 Å². The first-order valence-corrected chi connectivity index (χ1v) is 10.5. The van der Waals surface area contributed by atoms with Gasteiger partial charge in [-0.1, -0.05) is 76.7 Å². The van der Waals surface area contributed by atoms with E-state index in [-0.39, 0.29) is 6.42 Å². The molecule has 0 rings (SSSR count). The van der Waals surface area contributed by atoms with Crippen LogP contribution in [-0.4, -0.2) is 30.6 Å². The van der Waals surface area contributed by atoms with E-state index in [1.807, 2.05) is 12.2 Å². The molecule has 1 N–H and O–H groups in total. The highest BCUT2D eigenvalue weighted by Crippen LogP contribution is 2.07. The van der Waals surface area contributed by atoms with E-state index < -0.39 is 12.3 Å². The predicted molar refractivity (Wildman–Crippen MR) is 108 cm³/mol. The molecule has 0 heterocycles. The average molecular weight is 369 g/mol. The van der Waals surface area contributed by atoms with Crippen LogP contribution in [0.3, 0.4) is 0 Å². The van der Waals surface area contributed by atoms with Crippen LogP contribution in [0.2, 0.25) is 0 Å². The van der Waals surface area contributed by atoms with Gasteiger partial charge in [0.25, 0.3) is 0 Å². The fourth-order valence-electron chi connectivity index (χ4n) is 2.53. The normalized spacial score (nSPS) is 12.0. The van der Waals surface area contributed by atoms with Crippen LogP contribution in [-0.2, 0) is 14.3 Å². The van der Waals surface area contributed by atoms with Crippen LogP contribution in [0.15, 0.2) is 24.3 Å². The second-order valence-electron chi connectivity index (χ2n) is 6.67. The fourth-order valence-corrected chi connectivity index (χ4v) is 2.53. The van der Waals surface area contributed by atoms with Gasteiger partial charge in [0.15, 0.2) is 6.29 Å². The smallest absolute Gasteiger partial charge is 0.303 e. The van der Waals surface area contributed by atoms with Crippen molar-refractivity contribution < 1.29 is 19.4 Å². The molecule has 4 heteroatoms. The zero-order valence-corrected chi connectivity index (χ0v) is 17.0. The Morgan fingerprint density at radius 2 is 1.31 bits per heavy atom. The summed E-state index contributed by atoms with van der Waals surface area (Å²) in [6.45, 7) is 5.36. The van der Waals surface area contributed by atoms with Crippen LogP contribution in [0.5, 0.6) is 0 Å². The monoisotopic (exact) mass is 368 g/mol. The number of rotatable bonds is 19. The minimum absolute atomic E-state index is 0.0616. The summed E-state index contributed by atoms with van der Waals surface area (Å²) in [6, 6.07) is 0. The zero-order valence-electron chi connectivity index (χ0n) is 17.0. The molecular weight excluding hydrogens is 328 g/mol. The van der Waals surface area contributed by atoms with Gasteiger partial charge in [0.1, 0.15) is 0 Å². The number of carboxylic acid groups (broad SMARTS) is 1. The third-order valence-corrected chi connectivity index (χ3v) is 4.13. The molecule has 0 aromatic heterocycles. The molecule has 0 unspecified atom stereocenters. The minimum atomic E-state index is -0.819. The second-order valence-corrected chi connectivity index (χ2v) is 6.67. The van der Waals surface area contributed by atoms with Crippen LogP contribution in [0, 0.1) is 0 Å². The van der Waals surface area contributed by atoms with Crippen LogP contribution in [0.1, 0.15) is 90.9 Å². The highest BCUT2D eigenvalue weighted by molar-refractivity contribution is 5.66. The average Bonchev–Trinajstić information content (AvgIpc) is 2.63. The highest BCUT2D eigenvalue weighted by Gasteiger charge is 2.10. The van der Waals surface area contributed by atoms with Gasteiger partial charge in [-0.3, -0.25) is 4.79 Å². The van der Waals surface area contributed by atoms with Crippen LogP contribution < -0.4 is 0 Å². The molecule has 0 atom stereocenters. The SMILES string of the molecule is CCCCCC/C=C/COC(CCC(=O)O)OC/C=C/CCCCCC. The van der Waals surface area contributed by atoms with E-state index in [0.717, 1.165) is 12.8 Å². The lowest BCUT2D eigenvalue weighted by Crippen LogP contribution is -2.19. The lowest BCUT2D eigenvalue weighted by Gasteiger charge is -2.16. The molecule has 0 spiro atoms. The third-order valence-electron chi connectivity index (χ3n) is 4.13.